The molecule has 1 fully saturated rings. The summed E-state index contributed by atoms with van der Waals surface area (Å²) in [5.41, 5.74) is 2.06. The van der Waals surface area contributed by atoms with Gasteiger partial charge in [0.15, 0.2) is 0 Å². The molecular formula is C21H24FLiN2O3. The second-order valence-electron chi connectivity index (χ2n) is 6.91. The summed E-state index contributed by atoms with van der Waals surface area (Å²) in [5, 5.41) is 12.0. The summed E-state index contributed by atoms with van der Waals surface area (Å²) in [5.74, 6) is -1.28. The van der Waals surface area contributed by atoms with Crippen molar-refractivity contribution in [3.63, 3.8) is 0 Å². The molecule has 0 unspecified atom stereocenters. The molecule has 144 valence electrons. The Labute approximate surface area is 177 Å². The van der Waals surface area contributed by atoms with E-state index in [2.05, 4.69) is 10.2 Å². The maximum atomic E-state index is 13.1. The summed E-state index contributed by atoms with van der Waals surface area (Å²) >= 11 is 0. The number of benzene rings is 2. The average molecular weight is 378 g/mol. The molecular weight excluding hydrogens is 354 g/mol. The standard InChI is InChI=1S/C21H23FN2O3.Li.H/c1-14(16-6-8-17(9-7-16)21(26)27)23-20(25)19-3-2-12-24(19)13-15-4-10-18(22)11-5-15;;/h4-11,14,19H,2-3,12-13H2,1H3,(H,23,25)(H,26,27);;/q;+1;-1/t14-,19+;;/m0../s1. The van der Waals surface area contributed by atoms with E-state index in [-0.39, 0.29) is 49.7 Å². The van der Waals surface area contributed by atoms with Crippen LogP contribution >= 0.6 is 0 Å². The second kappa shape index (κ2) is 9.88. The van der Waals surface area contributed by atoms with Crippen LogP contribution < -0.4 is 24.2 Å². The minimum Gasteiger partial charge on any atom is -1.00 e. The van der Waals surface area contributed by atoms with Crippen LogP contribution in [-0.2, 0) is 11.3 Å². The normalized spacial score (nSPS) is 17.6. The first-order chi connectivity index (χ1) is 12.9. The summed E-state index contributed by atoms with van der Waals surface area (Å²) in [7, 11) is 0. The van der Waals surface area contributed by atoms with E-state index in [0.717, 1.165) is 30.5 Å². The Kier molecular flexibility index (Phi) is 7.82. The van der Waals surface area contributed by atoms with Gasteiger partial charge in [-0.15, -0.1) is 0 Å². The predicted octanol–water partition coefficient (Wildman–Crippen LogP) is 0.482. The molecule has 0 bridgehead atoms. The molecule has 0 radical (unpaired) electrons. The Balaban J connectivity index is 0.00000210. The fourth-order valence-corrected chi connectivity index (χ4v) is 3.44. The molecule has 5 nitrogen and oxygen atoms in total. The molecule has 3 rings (SSSR count). The van der Waals surface area contributed by atoms with Gasteiger partial charge in [-0.2, -0.15) is 0 Å². The van der Waals surface area contributed by atoms with Gasteiger partial charge in [-0.1, -0.05) is 24.3 Å². The molecule has 2 atom stereocenters. The topological polar surface area (TPSA) is 69.6 Å². The molecule has 0 spiro atoms. The first kappa shape index (κ1) is 22.2. The Bertz CT molecular complexity index is 818. The van der Waals surface area contributed by atoms with Crippen molar-refractivity contribution in [3.8, 4) is 0 Å². The van der Waals surface area contributed by atoms with Crippen molar-refractivity contribution in [2.45, 2.75) is 38.4 Å². The maximum absolute atomic E-state index is 13.1. The number of amides is 1. The Hall–Kier alpha value is -2.13. The van der Waals surface area contributed by atoms with Crippen LogP contribution in [0.25, 0.3) is 0 Å². The van der Waals surface area contributed by atoms with Crippen LogP contribution in [0.1, 0.15) is 48.7 Å². The fraction of sp³-hybridized carbons (Fsp3) is 0.333. The largest absolute Gasteiger partial charge is 1.00 e. The zero-order chi connectivity index (χ0) is 19.4. The SMILES string of the molecule is C[C@H](NC(=O)[C@H]1CCCN1Cc1ccc(F)cc1)c1ccc(C(=O)O)cc1.[H-].[Li+]. The van der Waals surface area contributed by atoms with Gasteiger partial charge in [0.1, 0.15) is 5.82 Å². The predicted molar refractivity (Wildman–Crippen MR) is 101 cm³/mol. The van der Waals surface area contributed by atoms with E-state index in [1.165, 1.54) is 24.3 Å². The maximum Gasteiger partial charge on any atom is 1.00 e. The Morgan fingerprint density at radius 1 is 1.21 bits per heavy atom. The Morgan fingerprint density at radius 3 is 2.46 bits per heavy atom. The minimum atomic E-state index is -0.972. The van der Waals surface area contributed by atoms with Gasteiger partial charge in [0.05, 0.1) is 17.6 Å². The second-order valence-corrected chi connectivity index (χ2v) is 6.91. The van der Waals surface area contributed by atoms with Crippen molar-refractivity contribution < 1.29 is 39.4 Å². The minimum absolute atomic E-state index is 0. The quantitative estimate of drug-likeness (QED) is 0.718. The number of carboxylic acids is 1. The van der Waals surface area contributed by atoms with E-state index in [4.69, 9.17) is 5.11 Å². The zero-order valence-corrected chi connectivity index (χ0v) is 16.2. The van der Waals surface area contributed by atoms with Gasteiger partial charge < -0.3 is 11.8 Å². The van der Waals surface area contributed by atoms with Gasteiger partial charge in [0.25, 0.3) is 0 Å². The molecule has 2 N–H and O–H groups in total. The van der Waals surface area contributed by atoms with Gasteiger partial charge in [0.2, 0.25) is 5.91 Å². The number of nitrogens with one attached hydrogen (secondary N) is 1. The Morgan fingerprint density at radius 2 is 1.86 bits per heavy atom. The van der Waals surface area contributed by atoms with Crippen molar-refractivity contribution in [2.24, 2.45) is 0 Å². The molecule has 2 aromatic carbocycles. The van der Waals surface area contributed by atoms with Crippen LogP contribution in [0.15, 0.2) is 48.5 Å². The fourth-order valence-electron chi connectivity index (χ4n) is 3.44. The van der Waals surface area contributed by atoms with Gasteiger partial charge >= 0.3 is 24.8 Å². The van der Waals surface area contributed by atoms with E-state index in [9.17, 15) is 14.0 Å². The molecule has 1 aliphatic rings. The van der Waals surface area contributed by atoms with Crippen molar-refractivity contribution >= 4 is 11.9 Å². The van der Waals surface area contributed by atoms with Crippen LogP contribution in [0.4, 0.5) is 4.39 Å². The molecule has 7 heteroatoms. The van der Waals surface area contributed by atoms with Crippen LogP contribution in [0, 0.1) is 5.82 Å². The average Bonchev–Trinajstić information content (AvgIpc) is 3.12. The monoisotopic (exact) mass is 378 g/mol. The number of carbonyl (C=O) groups is 2. The number of aromatic carboxylic acids is 1. The molecule has 1 saturated heterocycles. The number of carboxylic acid groups (broad SMARTS) is 1. The number of rotatable bonds is 6. The van der Waals surface area contributed by atoms with Crippen LogP contribution in [0.3, 0.4) is 0 Å². The first-order valence-corrected chi connectivity index (χ1v) is 9.06. The van der Waals surface area contributed by atoms with Gasteiger partial charge in [-0.3, -0.25) is 9.69 Å². The molecule has 1 heterocycles. The molecule has 2 aromatic rings. The number of hydrogen-bond donors (Lipinski definition) is 2. The third-order valence-corrected chi connectivity index (χ3v) is 4.98. The van der Waals surface area contributed by atoms with E-state index in [0.29, 0.717) is 6.54 Å². The summed E-state index contributed by atoms with van der Waals surface area (Å²) in [6.07, 6.45) is 1.73. The smallest absolute Gasteiger partial charge is 1.00 e. The van der Waals surface area contributed by atoms with Gasteiger partial charge in [-0.25, -0.2) is 9.18 Å². The summed E-state index contributed by atoms with van der Waals surface area (Å²) in [6.45, 7) is 3.32. The third kappa shape index (κ3) is 5.45. The van der Waals surface area contributed by atoms with Crippen LogP contribution in [-0.4, -0.2) is 34.5 Å². The van der Waals surface area contributed by atoms with Crippen molar-refractivity contribution in [1.82, 2.24) is 10.2 Å². The molecule has 0 aromatic heterocycles. The van der Waals surface area contributed by atoms with Crippen LogP contribution in [0.5, 0.6) is 0 Å². The molecule has 1 amide bonds. The van der Waals surface area contributed by atoms with Gasteiger partial charge in [0, 0.05) is 6.54 Å². The number of nitrogens with zero attached hydrogens (tertiary/aromatic N) is 1. The molecule has 1 aliphatic heterocycles. The van der Waals surface area contributed by atoms with E-state index >= 15 is 0 Å². The van der Waals surface area contributed by atoms with Gasteiger partial charge in [-0.05, 0) is 61.7 Å². The number of halogens is 1. The molecule has 0 aliphatic carbocycles. The first-order valence-electron chi connectivity index (χ1n) is 9.06. The van der Waals surface area contributed by atoms with E-state index in [1.807, 2.05) is 6.92 Å². The van der Waals surface area contributed by atoms with Crippen molar-refractivity contribution in [1.29, 1.82) is 0 Å². The molecule has 0 saturated carbocycles. The number of hydrogen-bond acceptors (Lipinski definition) is 3. The summed E-state index contributed by atoms with van der Waals surface area (Å²) < 4.78 is 13.1. The molecule has 28 heavy (non-hydrogen) atoms. The summed E-state index contributed by atoms with van der Waals surface area (Å²) in [6, 6.07) is 12.5. The zero-order valence-electron chi connectivity index (χ0n) is 17.2. The van der Waals surface area contributed by atoms with E-state index in [1.54, 1.807) is 24.3 Å². The number of likely N-dealkylation sites (tertiary alicyclic amines) is 1. The summed E-state index contributed by atoms with van der Waals surface area (Å²) in [4.78, 5) is 25.8. The van der Waals surface area contributed by atoms with Crippen molar-refractivity contribution in [3.05, 3.63) is 71.0 Å². The van der Waals surface area contributed by atoms with Crippen molar-refractivity contribution in [2.75, 3.05) is 6.54 Å². The van der Waals surface area contributed by atoms with Crippen LogP contribution in [0.2, 0.25) is 0 Å². The van der Waals surface area contributed by atoms with E-state index < -0.39 is 5.97 Å². The third-order valence-electron chi connectivity index (χ3n) is 4.98. The number of carbonyl (C=O) groups excluding carboxylic acids is 1.